The minimum Gasteiger partial charge on any atom is -0.507 e. The van der Waals surface area contributed by atoms with E-state index in [9.17, 15) is 13.9 Å². The highest BCUT2D eigenvalue weighted by atomic mass is 19.3. The van der Waals surface area contributed by atoms with Gasteiger partial charge < -0.3 is 5.11 Å². The van der Waals surface area contributed by atoms with Gasteiger partial charge in [-0.1, -0.05) is 38.1 Å². The van der Waals surface area contributed by atoms with Crippen molar-refractivity contribution >= 4 is 22.1 Å². The molecule has 0 aromatic heterocycles. The fourth-order valence-electron chi connectivity index (χ4n) is 4.65. The Hall–Kier alpha value is -2.82. The van der Waals surface area contributed by atoms with Gasteiger partial charge in [-0.25, -0.2) is 0 Å². The highest BCUT2D eigenvalue weighted by Gasteiger charge is 2.48. The Bertz CT molecular complexity index is 1140. The first-order chi connectivity index (χ1) is 12.7. The molecule has 5 rings (SSSR count). The van der Waals surface area contributed by atoms with Crippen LogP contribution >= 0.6 is 0 Å². The molecule has 138 valence electrons. The molecule has 1 aliphatic heterocycles. The number of phenolic OH excluding ortho intramolecular Hbond substituents is 1. The van der Waals surface area contributed by atoms with Crippen LogP contribution in [-0.2, 0) is 5.41 Å². The molecule has 3 aromatic carbocycles. The van der Waals surface area contributed by atoms with Gasteiger partial charge in [0.1, 0.15) is 5.75 Å². The molecule has 0 saturated carbocycles. The molecular weight excluding hydrogens is 346 g/mol. The van der Waals surface area contributed by atoms with Crippen molar-refractivity contribution in [3.8, 4) is 16.9 Å². The van der Waals surface area contributed by atoms with Gasteiger partial charge in [0.15, 0.2) is 0 Å². The standard InChI is InChI=1S/C22H20F2N2O/c1-21(2)15-8-6-5-7-12(15)20-14-10-18-17(25(3)22(23,24)26(18)4)9-13(14)19(27)11-16(20)21/h5-11,27H,1-4H3. The third-order valence-electron chi connectivity index (χ3n) is 6.28. The van der Waals surface area contributed by atoms with E-state index in [-0.39, 0.29) is 11.2 Å². The van der Waals surface area contributed by atoms with Crippen LogP contribution in [0.15, 0.2) is 42.5 Å². The Morgan fingerprint density at radius 2 is 1.44 bits per heavy atom. The Labute approximate surface area is 156 Å². The zero-order chi connectivity index (χ0) is 19.3. The average Bonchev–Trinajstić information content (AvgIpc) is 2.96. The van der Waals surface area contributed by atoms with Crippen LogP contribution < -0.4 is 9.80 Å². The largest absolute Gasteiger partial charge is 0.507 e. The van der Waals surface area contributed by atoms with E-state index in [1.165, 1.54) is 19.7 Å². The summed E-state index contributed by atoms with van der Waals surface area (Å²) < 4.78 is 29.0. The van der Waals surface area contributed by atoms with Crippen LogP contribution in [0.4, 0.5) is 20.2 Å². The maximum Gasteiger partial charge on any atom is 0.413 e. The summed E-state index contributed by atoms with van der Waals surface area (Å²) in [6.07, 6.45) is -3.10. The summed E-state index contributed by atoms with van der Waals surface area (Å²) in [5.41, 5.74) is 4.95. The fourth-order valence-corrected chi connectivity index (χ4v) is 4.65. The number of fused-ring (bicyclic) bond motifs is 6. The lowest BCUT2D eigenvalue weighted by Gasteiger charge is -2.26. The van der Waals surface area contributed by atoms with E-state index in [4.69, 9.17) is 0 Å². The zero-order valence-corrected chi connectivity index (χ0v) is 15.6. The smallest absolute Gasteiger partial charge is 0.413 e. The van der Waals surface area contributed by atoms with E-state index >= 15 is 0 Å². The van der Waals surface area contributed by atoms with Crippen LogP contribution in [0.5, 0.6) is 5.75 Å². The number of hydrogen-bond donors (Lipinski definition) is 1. The zero-order valence-electron chi connectivity index (χ0n) is 15.6. The van der Waals surface area contributed by atoms with Crippen LogP contribution in [0.3, 0.4) is 0 Å². The minimum absolute atomic E-state index is 0.124. The number of hydrogen-bond acceptors (Lipinski definition) is 3. The molecule has 0 radical (unpaired) electrons. The van der Waals surface area contributed by atoms with Crippen LogP contribution in [0.2, 0.25) is 0 Å². The van der Waals surface area contributed by atoms with Crippen LogP contribution in [-0.4, -0.2) is 25.4 Å². The predicted molar refractivity (Wildman–Crippen MR) is 105 cm³/mol. The summed E-state index contributed by atoms with van der Waals surface area (Å²) in [7, 11) is 2.77. The highest BCUT2D eigenvalue weighted by molar-refractivity contribution is 6.09. The first-order valence-electron chi connectivity index (χ1n) is 8.95. The van der Waals surface area contributed by atoms with Gasteiger partial charge in [0.2, 0.25) is 0 Å². The molecule has 1 heterocycles. The number of anilines is 2. The van der Waals surface area contributed by atoms with Gasteiger partial charge in [0, 0.05) is 24.9 Å². The van der Waals surface area contributed by atoms with Crippen molar-refractivity contribution < 1.29 is 13.9 Å². The van der Waals surface area contributed by atoms with Gasteiger partial charge in [-0.3, -0.25) is 9.80 Å². The molecule has 0 spiro atoms. The van der Waals surface area contributed by atoms with E-state index in [2.05, 4.69) is 26.0 Å². The lowest BCUT2D eigenvalue weighted by Crippen LogP contribution is -2.46. The van der Waals surface area contributed by atoms with Crippen molar-refractivity contribution in [2.24, 2.45) is 0 Å². The highest BCUT2D eigenvalue weighted by Crippen LogP contribution is 2.55. The topological polar surface area (TPSA) is 26.7 Å². The second-order valence-corrected chi connectivity index (χ2v) is 8.00. The summed E-state index contributed by atoms with van der Waals surface area (Å²) in [6.45, 7) is 4.26. The van der Waals surface area contributed by atoms with Gasteiger partial charge >= 0.3 is 6.17 Å². The van der Waals surface area contributed by atoms with Gasteiger partial charge in [0.05, 0.1) is 11.4 Å². The number of benzene rings is 3. The summed E-state index contributed by atoms with van der Waals surface area (Å²) in [4.78, 5) is 1.94. The van der Waals surface area contributed by atoms with E-state index in [1.54, 1.807) is 18.2 Å². The molecule has 0 saturated heterocycles. The molecule has 2 aliphatic rings. The summed E-state index contributed by atoms with van der Waals surface area (Å²) >= 11 is 0. The SMILES string of the molecule is CN1c2cc3c(O)cc4c(c3cc2N(C)C1(F)F)-c1ccccc1C4(C)C. The third-order valence-corrected chi connectivity index (χ3v) is 6.28. The summed E-state index contributed by atoms with van der Waals surface area (Å²) in [5, 5.41) is 12.1. The van der Waals surface area contributed by atoms with E-state index in [1.807, 2.05) is 12.1 Å². The molecule has 0 unspecified atom stereocenters. The molecule has 1 aliphatic carbocycles. The normalized spacial score (nSPS) is 18.6. The van der Waals surface area contributed by atoms with Crippen molar-refractivity contribution in [2.75, 3.05) is 23.9 Å². The lowest BCUT2D eigenvalue weighted by molar-refractivity contribution is 0.0122. The maximum absolute atomic E-state index is 14.5. The number of phenols is 1. The van der Waals surface area contributed by atoms with Crippen molar-refractivity contribution in [1.82, 2.24) is 0 Å². The van der Waals surface area contributed by atoms with Crippen LogP contribution in [0.25, 0.3) is 21.9 Å². The molecule has 0 fully saturated rings. The Balaban J connectivity index is 1.92. The molecule has 0 amide bonds. The van der Waals surface area contributed by atoms with Crippen LogP contribution in [0.1, 0.15) is 25.0 Å². The van der Waals surface area contributed by atoms with E-state index < -0.39 is 6.17 Å². The molecule has 0 atom stereocenters. The molecule has 3 nitrogen and oxygen atoms in total. The Kier molecular flexibility index (Phi) is 2.86. The number of alkyl halides is 2. The van der Waals surface area contributed by atoms with Gasteiger partial charge in [-0.05, 0) is 45.8 Å². The number of aromatic hydroxyl groups is 1. The first-order valence-corrected chi connectivity index (χ1v) is 8.95. The van der Waals surface area contributed by atoms with Crippen molar-refractivity contribution in [1.29, 1.82) is 0 Å². The van der Waals surface area contributed by atoms with Gasteiger partial charge in [-0.15, -0.1) is 0 Å². The molecule has 5 heteroatoms. The fraction of sp³-hybridized carbons (Fsp3) is 0.273. The first kappa shape index (κ1) is 16.4. The quantitative estimate of drug-likeness (QED) is 0.548. The minimum atomic E-state index is -3.10. The van der Waals surface area contributed by atoms with E-state index in [0.717, 1.165) is 31.9 Å². The molecule has 27 heavy (non-hydrogen) atoms. The van der Waals surface area contributed by atoms with E-state index in [0.29, 0.717) is 16.8 Å². The lowest BCUT2D eigenvalue weighted by atomic mass is 9.82. The third kappa shape index (κ3) is 1.79. The second kappa shape index (κ2) is 4.71. The van der Waals surface area contributed by atoms with Crippen molar-refractivity contribution in [3.63, 3.8) is 0 Å². The Morgan fingerprint density at radius 1 is 0.852 bits per heavy atom. The monoisotopic (exact) mass is 366 g/mol. The van der Waals surface area contributed by atoms with Gasteiger partial charge in [0.25, 0.3) is 0 Å². The predicted octanol–water partition coefficient (Wildman–Crippen LogP) is 5.29. The summed E-state index contributed by atoms with van der Waals surface area (Å²) in [6, 6.07) is 13.4. The van der Waals surface area contributed by atoms with Crippen molar-refractivity contribution in [2.45, 2.75) is 25.4 Å². The molecule has 1 N–H and O–H groups in total. The molecule has 3 aromatic rings. The van der Waals surface area contributed by atoms with Crippen molar-refractivity contribution in [3.05, 3.63) is 53.6 Å². The van der Waals surface area contributed by atoms with Gasteiger partial charge in [-0.2, -0.15) is 8.78 Å². The number of nitrogens with zero attached hydrogens (tertiary/aromatic N) is 2. The van der Waals surface area contributed by atoms with Crippen LogP contribution in [0, 0.1) is 0 Å². The Morgan fingerprint density at radius 3 is 2.11 bits per heavy atom. The second-order valence-electron chi connectivity index (χ2n) is 8.00. The maximum atomic E-state index is 14.5. The molecule has 0 bridgehead atoms. The number of rotatable bonds is 0. The molecular formula is C22H20F2N2O. The number of halogens is 2. The average molecular weight is 366 g/mol. The summed E-state index contributed by atoms with van der Waals surface area (Å²) in [5.74, 6) is 0.124.